The molecule has 1 aromatic carbocycles. The molecular formula is C15H18O4. The van der Waals surface area contributed by atoms with Crippen molar-refractivity contribution in [1.29, 1.82) is 0 Å². The second-order valence-electron chi connectivity index (χ2n) is 4.77. The van der Waals surface area contributed by atoms with E-state index < -0.39 is 11.4 Å². The number of esters is 1. The Morgan fingerprint density at radius 1 is 1.32 bits per heavy atom. The highest BCUT2D eigenvalue weighted by atomic mass is 16.5. The third-order valence-electron chi connectivity index (χ3n) is 3.61. The maximum atomic E-state index is 12.4. The Morgan fingerprint density at radius 3 is 2.74 bits per heavy atom. The Morgan fingerprint density at radius 2 is 2.05 bits per heavy atom. The molecule has 0 bridgehead atoms. The molecule has 2 rings (SSSR count). The summed E-state index contributed by atoms with van der Waals surface area (Å²) >= 11 is 0. The third kappa shape index (κ3) is 2.84. The Hall–Kier alpha value is -1.68. The lowest BCUT2D eigenvalue weighted by Gasteiger charge is -2.27. The van der Waals surface area contributed by atoms with Crippen molar-refractivity contribution < 1.29 is 19.1 Å². The van der Waals surface area contributed by atoms with Crippen LogP contribution in [0.4, 0.5) is 0 Å². The normalized spacial score (nSPS) is 23.7. The first-order valence-corrected chi connectivity index (χ1v) is 6.42. The second-order valence-corrected chi connectivity index (χ2v) is 4.77. The van der Waals surface area contributed by atoms with Gasteiger partial charge in [0.05, 0.1) is 13.7 Å². The summed E-state index contributed by atoms with van der Waals surface area (Å²) in [6.07, 6.45) is 1.03. The fourth-order valence-electron chi connectivity index (χ4n) is 2.51. The van der Waals surface area contributed by atoms with Gasteiger partial charge >= 0.3 is 5.97 Å². The van der Waals surface area contributed by atoms with Gasteiger partial charge in [0.15, 0.2) is 5.78 Å². The van der Waals surface area contributed by atoms with Crippen LogP contribution < -0.4 is 0 Å². The topological polar surface area (TPSA) is 52.6 Å². The van der Waals surface area contributed by atoms with Crippen LogP contribution in [0.5, 0.6) is 0 Å². The van der Waals surface area contributed by atoms with Crippen LogP contribution in [-0.4, -0.2) is 32.1 Å². The maximum Gasteiger partial charge on any atom is 0.319 e. The molecule has 0 N–H and O–H groups in total. The van der Waals surface area contributed by atoms with Crippen LogP contribution in [0.2, 0.25) is 0 Å². The molecule has 1 atom stereocenters. The van der Waals surface area contributed by atoms with Crippen LogP contribution in [0.3, 0.4) is 0 Å². The molecule has 19 heavy (non-hydrogen) atoms. The molecule has 4 heteroatoms. The number of ether oxygens (including phenoxy) is 2. The van der Waals surface area contributed by atoms with Gasteiger partial charge in [0.2, 0.25) is 0 Å². The van der Waals surface area contributed by atoms with Gasteiger partial charge in [-0.1, -0.05) is 30.3 Å². The Labute approximate surface area is 112 Å². The standard InChI is InChI=1S/C15H18O4/c1-18-14(17)15(8-10-19-9-7-13(15)16)11-12-5-3-2-4-6-12/h2-6H,7-11H2,1H3/t15-/m0/s1. The molecule has 1 aliphatic heterocycles. The first-order valence-electron chi connectivity index (χ1n) is 6.42. The number of Topliss-reactive ketones (excluding diaryl/α,β-unsaturated/α-hetero) is 1. The van der Waals surface area contributed by atoms with Crippen LogP contribution in [0.15, 0.2) is 30.3 Å². The predicted molar refractivity (Wildman–Crippen MR) is 69.7 cm³/mol. The van der Waals surface area contributed by atoms with Crippen molar-refractivity contribution in [2.75, 3.05) is 20.3 Å². The van der Waals surface area contributed by atoms with E-state index in [1.165, 1.54) is 7.11 Å². The maximum absolute atomic E-state index is 12.4. The van der Waals surface area contributed by atoms with Crippen LogP contribution in [0.1, 0.15) is 18.4 Å². The smallest absolute Gasteiger partial charge is 0.319 e. The average molecular weight is 262 g/mol. The minimum Gasteiger partial charge on any atom is -0.468 e. The van der Waals surface area contributed by atoms with Gasteiger partial charge in [-0.05, 0) is 18.4 Å². The van der Waals surface area contributed by atoms with Crippen molar-refractivity contribution >= 4 is 11.8 Å². The van der Waals surface area contributed by atoms with E-state index in [9.17, 15) is 9.59 Å². The highest BCUT2D eigenvalue weighted by molar-refractivity contribution is 6.04. The summed E-state index contributed by atoms with van der Waals surface area (Å²) in [5.41, 5.74) is -0.129. The molecule has 1 fully saturated rings. The van der Waals surface area contributed by atoms with Crippen molar-refractivity contribution in [2.24, 2.45) is 5.41 Å². The van der Waals surface area contributed by atoms with Crippen LogP contribution in [-0.2, 0) is 25.5 Å². The van der Waals surface area contributed by atoms with E-state index in [-0.39, 0.29) is 12.2 Å². The molecular weight excluding hydrogens is 244 g/mol. The Balaban J connectivity index is 2.33. The summed E-state index contributed by atoms with van der Waals surface area (Å²) < 4.78 is 10.2. The van der Waals surface area contributed by atoms with E-state index in [0.29, 0.717) is 26.1 Å². The van der Waals surface area contributed by atoms with Gasteiger partial charge in [0.1, 0.15) is 5.41 Å². The first-order chi connectivity index (χ1) is 9.19. The van der Waals surface area contributed by atoms with Crippen molar-refractivity contribution in [3.8, 4) is 0 Å². The van der Waals surface area contributed by atoms with Gasteiger partial charge in [-0.3, -0.25) is 9.59 Å². The molecule has 1 aromatic rings. The highest BCUT2D eigenvalue weighted by Crippen LogP contribution is 2.33. The van der Waals surface area contributed by atoms with Gasteiger partial charge in [0, 0.05) is 13.0 Å². The number of carbonyl (C=O) groups excluding carboxylic acids is 2. The van der Waals surface area contributed by atoms with E-state index in [4.69, 9.17) is 9.47 Å². The number of methoxy groups -OCH3 is 1. The van der Waals surface area contributed by atoms with E-state index in [0.717, 1.165) is 5.56 Å². The summed E-state index contributed by atoms with van der Waals surface area (Å²) in [6.45, 7) is 0.792. The van der Waals surface area contributed by atoms with Crippen LogP contribution in [0.25, 0.3) is 0 Å². The molecule has 4 nitrogen and oxygen atoms in total. The number of hydrogen-bond acceptors (Lipinski definition) is 4. The van der Waals surface area contributed by atoms with Crippen molar-refractivity contribution in [3.05, 3.63) is 35.9 Å². The molecule has 0 radical (unpaired) electrons. The van der Waals surface area contributed by atoms with Crippen molar-refractivity contribution in [2.45, 2.75) is 19.3 Å². The second kappa shape index (κ2) is 5.97. The zero-order valence-corrected chi connectivity index (χ0v) is 11.1. The molecule has 0 aliphatic carbocycles. The first kappa shape index (κ1) is 13.7. The van der Waals surface area contributed by atoms with E-state index in [2.05, 4.69) is 0 Å². The van der Waals surface area contributed by atoms with Gasteiger partial charge in [-0.2, -0.15) is 0 Å². The van der Waals surface area contributed by atoms with Crippen molar-refractivity contribution in [1.82, 2.24) is 0 Å². The fourth-order valence-corrected chi connectivity index (χ4v) is 2.51. The monoisotopic (exact) mass is 262 g/mol. The molecule has 1 heterocycles. The molecule has 0 amide bonds. The minimum atomic E-state index is -1.09. The minimum absolute atomic E-state index is 0.0827. The van der Waals surface area contributed by atoms with Crippen molar-refractivity contribution in [3.63, 3.8) is 0 Å². The molecule has 0 saturated carbocycles. The lowest BCUT2D eigenvalue weighted by atomic mass is 9.74. The van der Waals surface area contributed by atoms with E-state index >= 15 is 0 Å². The molecule has 0 unspecified atom stereocenters. The molecule has 102 valence electrons. The summed E-state index contributed by atoms with van der Waals surface area (Å²) in [5.74, 6) is -0.535. The average Bonchev–Trinajstić information content (AvgIpc) is 2.62. The summed E-state index contributed by atoms with van der Waals surface area (Å²) in [6, 6.07) is 9.55. The van der Waals surface area contributed by atoms with Gasteiger partial charge in [0.25, 0.3) is 0 Å². The van der Waals surface area contributed by atoms with Crippen LogP contribution >= 0.6 is 0 Å². The van der Waals surface area contributed by atoms with Gasteiger partial charge in [-0.15, -0.1) is 0 Å². The lowest BCUT2D eigenvalue weighted by molar-refractivity contribution is -0.158. The predicted octanol–water partition coefficient (Wildman–Crippen LogP) is 1.77. The largest absolute Gasteiger partial charge is 0.468 e. The lowest BCUT2D eigenvalue weighted by Crippen LogP contribution is -2.42. The van der Waals surface area contributed by atoms with Gasteiger partial charge in [-0.25, -0.2) is 0 Å². The SMILES string of the molecule is COC(=O)[C@]1(Cc2ccccc2)CCOCCC1=O. The number of benzene rings is 1. The quantitative estimate of drug-likeness (QED) is 0.615. The zero-order valence-electron chi connectivity index (χ0n) is 11.1. The van der Waals surface area contributed by atoms with Crippen LogP contribution in [0, 0.1) is 5.41 Å². The molecule has 1 aliphatic rings. The molecule has 0 aromatic heterocycles. The molecule has 1 saturated heterocycles. The van der Waals surface area contributed by atoms with E-state index in [1.807, 2.05) is 30.3 Å². The number of hydrogen-bond donors (Lipinski definition) is 0. The molecule has 0 spiro atoms. The Kier molecular flexibility index (Phi) is 4.32. The summed E-state index contributed by atoms with van der Waals surface area (Å²) in [5, 5.41) is 0. The third-order valence-corrected chi connectivity index (χ3v) is 3.61. The highest BCUT2D eigenvalue weighted by Gasteiger charge is 2.46. The number of ketones is 1. The van der Waals surface area contributed by atoms with Gasteiger partial charge < -0.3 is 9.47 Å². The summed E-state index contributed by atoms with van der Waals surface area (Å²) in [7, 11) is 1.33. The fraction of sp³-hybridized carbons (Fsp3) is 0.467. The van der Waals surface area contributed by atoms with E-state index in [1.54, 1.807) is 0 Å². The zero-order chi connectivity index (χ0) is 13.7. The number of carbonyl (C=O) groups is 2. The number of rotatable bonds is 3. The Bertz CT molecular complexity index is 454. The summed E-state index contributed by atoms with van der Waals surface area (Å²) in [4.78, 5) is 24.5.